The summed E-state index contributed by atoms with van der Waals surface area (Å²) in [5.41, 5.74) is 1.52. The summed E-state index contributed by atoms with van der Waals surface area (Å²) >= 11 is 0. The molecule has 1 unspecified atom stereocenters. The molecule has 17 heavy (non-hydrogen) atoms. The van der Waals surface area contributed by atoms with Crippen LogP contribution in [0.25, 0.3) is 0 Å². The summed E-state index contributed by atoms with van der Waals surface area (Å²) in [5, 5.41) is 11.7. The number of carboxylic acids is 1. The first-order valence-electron chi connectivity index (χ1n) is 5.32. The van der Waals surface area contributed by atoms with E-state index in [4.69, 9.17) is 9.84 Å². The fraction of sp³-hybridized carbons (Fsp3) is 0.333. The Morgan fingerprint density at radius 2 is 2.18 bits per heavy atom. The Balaban J connectivity index is 2.50. The van der Waals surface area contributed by atoms with E-state index in [1.807, 2.05) is 6.92 Å². The molecule has 1 aromatic rings. The quantitative estimate of drug-likeness (QED) is 0.817. The summed E-state index contributed by atoms with van der Waals surface area (Å²) in [6.45, 7) is 3.28. The Labute approximate surface area is 98.4 Å². The lowest BCUT2D eigenvalue weighted by Crippen LogP contribution is -2.09. The molecular formula is C12H13NO4. The lowest BCUT2D eigenvalue weighted by atomic mass is 10.0. The highest BCUT2D eigenvalue weighted by molar-refractivity contribution is 5.95. The maximum Gasteiger partial charge on any atom is 0.339 e. The molecule has 0 aromatic heterocycles. The Morgan fingerprint density at radius 3 is 2.76 bits per heavy atom. The largest absolute Gasteiger partial charge is 0.489 e. The van der Waals surface area contributed by atoms with Crippen LogP contribution in [0.1, 0.15) is 29.8 Å². The van der Waals surface area contributed by atoms with Gasteiger partial charge in [0, 0.05) is 24.6 Å². The van der Waals surface area contributed by atoms with E-state index in [1.54, 1.807) is 6.07 Å². The van der Waals surface area contributed by atoms with Crippen LogP contribution in [0.2, 0.25) is 0 Å². The maximum atomic E-state index is 11.0. The Kier molecular flexibility index (Phi) is 2.75. The van der Waals surface area contributed by atoms with E-state index >= 15 is 0 Å². The number of anilines is 1. The van der Waals surface area contributed by atoms with Crippen LogP contribution in [-0.4, -0.2) is 23.1 Å². The molecule has 2 rings (SSSR count). The summed E-state index contributed by atoms with van der Waals surface area (Å²) in [7, 11) is 0. The van der Waals surface area contributed by atoms with Gasteiger partial charge in [0.25, 0.3) is 0 Å². The van der Waals surface area contributed by atoms with Gasteiger partial charge in [0.05, 0.1) is 0 Å². The van der Waals surface area contributed by atoms with Gasteiger partial charge in [-0.1, -0.05) is 0 Å². The number of ether oxygens (including phenoxy) is 1. The minimum atomic E-state index is -1.02. The van der Waals surface area contributed by atoms with Gasteiger partial charge in [-0.05, 0) is 19.1 Å². The van der Waals surface area contributed by atoms with E-state index in [9.17, 15) is 9.59 Å². The van der Waals surface area contributed by atoms with Gasteiger partial charge in [0.15, 0.2) is 0 Å². The minimum absolute atomic E-state index is 0.0713. The van der Waals surface area contributed by atoms with Crippen LogP contribution in [0.15, 0.2) is 12.1 Å². The van der Waals surface area contributed by atoms with Crippen molar-refractivity contribution in [2.45, 2.75) is 26.4 Å². The number of amides is 1. The van der Waals surface area contributed by atoms with Crippen LogP contribution in [0.4, 0.5) is 5.69 Å². The second-order valence-electron chi connectivity index (χ2n) is 4.09. The van der Waals surface area contributed by atoms with E-state index in [2.05, 4.69) is 5.32 Å². The summed E-state index contributed by atoms with van der Waals surface area (Å²) in [4.78, 5) is 22.1. The molecule has 1 heterocycles. The predicted molar refractivity (Wildman–Crippen MR) is 61.5 cm³/mol. The number of benzene rings is 1. The van der Waals surface area contributed by atoms with Crippen molar-refractivity contribution in [2.75, 3.05) is 5.32 Å². The molecule has 2 N–H and O–H groups in total. The standard InChI is InChI=1S/C12H13NO4/c1-6-5-9-10(13-7(2)14)4-3-8(12(15)16)11(9)17-6/h3-4,6H,5H2,1-2H3,(H,13,14)(H,15,16). The van der Waals surface area contributed by atoms with Gasteiger partial charge in [-0.15, -0.1) is 0 Å². The highest BCUT2D eigenvalue weighted by Crippen LogP contribution is 2.37. The zero-order valence-corrected chi connectivity index (χ0v) is 9.61. The average Bonchev–Trinajstić information content (AvgIpc) is 2.58. The summed E-state index contributed by atoms with van der Waals surface area (Å²) in [6.07, 6.45) is 0.532. The lowest BCUT2D eigenvalue weighted by Gasteiger charge is -2.09. The summed E-state index contributed by atoms with van der Waals surface area (Å²) < 4.78 is 5.49. The molecule has 0 aliphatic carbocycles. The molecular weight excluding hydrogens is 222 g/mol. The zero-order valence-electron chi connectivity index (χ0n) is 9.61. The van der Waals surface area contributed by atoms with Gasteiger partial charge in [0.1, 0.15) is 17.4 Å². The first-order valence-corrected chi connectivity index (χ1v) is 5.32. The molecule has 0 bridgehead atoms. The highest BCUT2D eigenvalue weighted by atomic mass is 16.5. The number of aromatic carboxylic acids is 1. The molecule has 1 amide bonds. The third kappa shape index (κ3) is 2.08. The van der Waals surface area contributed by atoms with Gasteiger partial charge in [-0.2, -0.15) is 0 Å². The van der Waals surface area contributed by atoms with Crippen LogP contribution in [0, 0.1) is 0 Å². The Bertz CT molecular complexity index is 496. The van der Waals surface area contributed by atoms with Crippen molar-refractivity contribution < 1.29 is 19.4 Å². The molecule has 90 valence electrons. The number of carboxylic acid groups (broad SMARTS) is 1. The van der Waals surface area contributed by atoms with Crippen LogP contribution in [-0.2, 0) is 11.2 Å². The number of rotatable bonds is 2. The summed E-state index contributed by atoms with van der Waals surface area (Å²) in [5.74, 6) is -0.837. The fourth-order valence-corrected chi connectivity index (χ4v) is 1.97. The Hall–Kier alpha value is -2.04. The van der Waals surface area contributed by atoms with Gasteiger partial charge < -0.3 is 15.2 Å². The van der Waals surface area contributed by atoms with Gasteiger partial charge >= 0.3 is 5.97 Å². The van der Waals surface area contributed by atoms with E-state index in [0.29, 0.717) is 17.9 Å². The van der Waals surface area contributed by atoms with Crippen LogP contribution in [0.5, 0.6) is 5.75 Å². The Morgan fingerprint density at radius 1 is 1.47 bits per heavy atom. The van der Waals surface area contributed by atoms with Crippen LogP contribution < -0.4 is 10.1 Å². The number of carbonyl (C=O) groups is 2. The fourth-order valence-electron chi connectivity index (χ4n) is 1.97. The van der Waals surface area contributed by atoms with Crippen molar-refractivity contribution in [1.29, 1.82) is 0 Å². The van der Waals surface area contributed by atoms with Gasteiger partial charge in [0.2, 0.25) is 5.91 Å². The summed E-state index contributed by atoms with van der Waals surface area (Å²) in [6, 6.07) is 3.05. The van der Waals surface area contributed by atoms with Gasteiger partial charge in [-0.3, -0.25) is 4.79 Å². The smallest absolute Gasteiger partial charge is 0.339 e. The molecule has 0 fully saturated rings. The predicted octanol–water partition coefficient (Wildman–Crippen LogP) is 1.67. The monoisotopic (exact) mass is 235 g/mol. The average molecular weight is 235 g/mol. The second-order valence-corrected chi connectivity index (χ2v) is 4.09. The topological polar surface area (TPSA) is 75.6 Å². The normalized spacial score (nSPS) is 17.2. The van der Waals surface area contributed by atoms with Crippen molar-refractivity contribution >= 4 is 17.6 Å². The SMILES string of the molecule is CC(=O)Nc1ccc(C(=O)O)c2c1CC(C)O2. The first kappa shape index (κ1) is 11.4. The number of hydrogen-bond donors (Lipinski definition) is 2. The molecule has 0 spiro atoms. The highest BCUT2D eigenvalue weighted by Gasteiger charge is 2.27. The van der Waals surface area contributed by atoms with Crippen molar-refractivity contribution in [3.05, 3.63) is 23.3 Å². The molecule has 0 saturated carbocycles. The molecule has 0 radical (unpaired) electrons. The van der Waals surface area contributed by atoms with E-state index in [-0.39, 0.29) is 17.6 Å². The first-order chi connectivity index (χ1) is 7.99. The van der Waals surface area contributed by atoms with Crippen molar-refractivity contribution in [1.82, 2.24) is 0 Å². The maximum absolute atomic E-state index is 11.0. The molecule has 5 heteroatoms. The van der Waals surface area contributed by atoms with Crippen molar-refractivity contribution in [3.8, 4) is 5.75 Å². The van der Waals surface area contributed by atoms with E-state index < -0.39 is 5.97 Å². The molecule has 1 atom stereocenters. The van der Waals surface area contributed by atoms with Crippen molar-refractivity contribution in [3.63, 3.8) is 0 Å². The van der Waals surface area contributed by atoms with Gasteiger partial charge in [-0.25, -0.2) is 4.79 Å². The molecule has 1 aromatic carbocycles. The zero-order chi connectivity index (χ0) is 12.6. The lowest BCUT2D eigenvalue weighted by molar-refractivity contribution is -0.114. The number of fused-ring (bicyclic) bond motifs is 1. The molecule has 1 aliphatic heterocycles. The minimum Gasteiger partial charge on any atom is -0.489 e. The molecule has 1 aliphatic rings. The molecule has 5 nitrogen and oxygen atoms in total. The van der Waals surface area contributed by atoms with Crippen molar-refractivity contribution in [2.24, 2.45) is 0 Å². The molecule has 0 saturated heterocycles. The number of hydrogen-bond acceptors (Lipinski definition) is 3. The third-order valence-electron chi connectivity index (χ3n) is 2.61. The third-order valence-corrected chi connectivity index (χ3v) is 2.61. The number of carbonyl (C=O) groups excluding carboxylic acids is 1. The van der Waals surface area contributed by atoms with Crippen LogP contribution >= 0.6 is 0 Å². The van der Waals surface area contributed by atoms with E-state index in [0.717, 1.165) is 5.56 Å². The van der Waals surface area contributed by atoms with E-state index in [1.165, 1.54) is 13.0 Å². The second kappa shape index (κ2) is 4.08. The van der Waals surface area contributed by atoms with Crippen LogP contribution in [0.3, 0.4) is 0 Å². The number of nitrogens with one attached hydrogen (secondary N) is 1.